The molecule has 0 spiro atoms. The van der Waals surface area contributed by atoms with E-state index >= 15 is 0 Å². The smallest absolute Gasteiger partial charge is 0.199 e. The van der Waals surface area contributed by atoms with E-state index in [4.69, 9.17) is 14.7 Å². The standard InChI is InChI=1S/C11H9FNO2/c12-9-3-4-10(8(6-9)7-13)15-11-2-1-5-14-11/h4,6,11H,1-2,5H2. The molecule has 3 nitrogen and oxygen atoms in total. The van der Waals surface area contributed by atoms with Crippen LogP contribution in [0.15, 0.2) is 12.1 Å². The van der Waals surface area contributed by atoms with Gasteiger partial charge in [0.25, 0.3) is 0 Å². The topological polar surface area (TPSA) is 42.2 Å². The van der Waals surface area contributed by atoms with E-state index in [2.05, 4.69) is 6.07 Å². The molecule has 15 heavy (non-hydrogen) atoms. The molecule has 1 heterocycles. The van der Waals surface area contributed by atoms with Gasteiger partial charge >= 0.3 is 0 Å². The largest absolute Gasteiger partial charge is 0.464 e. The number of rotatable bonds is 2. The van der Waals surface area contributed by atoms with Gasteiger partial charge in [-0.2, -0.15) is 5.26 Å². The summed E-state index contributed by atoms with van der Waals surface area (Å²) in [6, 6.07) is 6.65. The molecular weight excluding hydrogens is 197 g/mol. The van der Waals surface area contributed by atoms with Crippen LogP contribution in [0.1, 0.15) is 18.4 Å². The zero-order valence-corrected chi connectivity index (χ0v) is 8.00. The monoisotopic (exact) mass is 206 g/mol. The summed E-state index contributed by atoms with van der Waals surface area (Å²) in [5.41, 5.74) is 0.168. The average Bonchev–Trinajstić information content (AvgIpc) is 2.73. The van der Waals surface area contributed by atoms with Gasteiger partial charge in [0, 0.05) is 12.5 Å². The molecule has 1 saturated heterocycles. The van der Waals surface area contributed by atoms with Crippen molar-refractivity contribution in [2.75, 3.05) is 6.61 Å². The number of benzene rings is 1. The Morgan fingerprint density at radius 3 is 3.20 bits per heavy atom. The van der Waals surface area contributed by atoms with Crippen molar-refractivity contribution < 1.29 is 13.9 Å². The first-order valence-electron chi connectivity index (χ1n) is 4.69. The molecule has 1 radical (unpaired) electrons. The van der Waals surface area contributed by atoms with Crippen molar-refractivity contribution in [2.45, 2.75) is 19.1 Å². The SMILES string of the molecule is N#Cc1cc(F)[c]cc1OC1CCCO1. The van der Waals surface area contributed by atoms with Crippen LogP contribution in [0.3, 0.4) is 0 Å². The van der Waals surface area contributed by atoms with Crippen LogP contribution < -0.4 is 4.74 Å². The van der Waals surface area contributed by atoms with Crippen LogP contribution in [0.4, 0.5) is 4.39 Å². The second-order valence-electron chi connectivity index (χ2n) is 3.23. The molecule has 1 fully saturated rings. The van der Waals surface area contributed by atoms with Crippen LogP contribution >= 0.6 is 0 Å². The van der Waals surface area contributed by atoms with E-state index in [1.54, 1.807) is 0 Å². The highest BCUT2D eigenvalue weighted by atomic mass is 19.1. The molecule has 77 valence electrons. The summed E-state index contributed by atoms with van der Waals surface area (Å²) in [5, 5.41) is 8.77. The zero-order valence-electron chi connectivity index (χ0n) is 8.00. The summed E-state index contributed by atoms with van der Waals surface area (Å²) in [5.74, 6) is -0.239. The van der Waals surface area contributed by atoms with Gasteiger partial charge in [-0.1, -0.05) is 0 Å². The maximum absolute atomic E-state index is 12.8. The second kappa shape index (κ2) is 4.28. The lowest BCUT2D eigenvalue weighted by Gasteiger charge is -2.13. The molecule has 0 aromatic heterocycles. The van der Waals surface area contributed by atoms with Gasteiger partial charge in [-0.15, -0.1) is 0 Å². The predicted molar refractivity (Wildman–Crippen MR) is 49.6 cm³/mol. The minimum absolute atomic E-state index is 0.168. The molecule has 0 amide bonds. The lowest BCUT2D eigenvalue weighted by Crippen LogP contribution is -2.14. The fourth-order valence-corrected chi connectivity index (χ4v) is 1.42. The van der Waals surface area contributed by atoms with Crippen molar-refractivity contribution in [2.24, 2.45) is 0 Å². The summed E-state index contributed by atoms with van der Waals surface area (Å²) in [6.07, 6.45) is 1.41. The van der Waals surface area contributed by atoms with E-state index in [1.807, 2.05) is 6.07 Å². The molecule has 4 heteroatoms. The third-order valence-electron chi connectivity index (χ3n) is 2.14. The van der Waals surface area contributed by atoms with Gasteiger partial charge in [0.05, 0.1) is 12.2 Å². The Labute approximate surface area is 87.0 Å². The molecule has 1 unspecified atom stereocenters. The molecule has 1 aromatic rings. The van der Waals surface area contributed by atoms with E-state index in [1.165, 1.54) is 6.07 Å². The normalized spacial score (nSPS) is 19.9. The lowest BCUT2D eigenvalue weighted by molar-refractivity contribution is -0.0392. The van der Waals surface area contributed by atoms with Crippen LogP contribution in [0.5, 0.6) is 5.75 Å². The summed E-state index contributed by atoms with van der Waals surface area (Å²) < 4.78 is 23.4. The molecule has 2 rings (SSSR count). The van der Waals surface area contributed by atoms with Crippen LogP contribution in [0.2, 0.25) is 0 Å². The summed E-state index contributed by atoms with van der Waals surface area (Å²) in [6.45, 7) is 0.664. The van der Waals surface area contributed by atoms with Gasteiger partial charge in [0.1, 0.15) is 17.6 Å². The first-order valence-corrected chi connectivity index (χ1v) is 4.69. The number of nitrogens with zero attached hydrogens (tertiary/aromatic N) is 1. The van der Waals surface area contributed by atoms with Gasteiger partial charge in [0.15, 0.2) is 6.29 Å². The Morgan fingerprint density at radius 2 is 2.53 bits per heavy atom. The zero-order chi connectivity index (χ0) is 10.7. The van der Waals surface area contributed by atoms with E-state index in [0.717, 1.165) is 18.9 Å². The predicted octanol–water partition coefficient (Wildman–Crippen LogP) is 2.01. The van der Waals surface area contributed by atoms with Gasteiger partial charge in [-0.05, 0) is 18.6 Å². The summed E-state index contributed by atoms with van der Waals surface area (Å²) in [7, 11) is 0. The van der Waals surface area contributed by atoms with E-state index in [0.29, 0.717) is 12.4 Å². The van der Waals surface area contributed by atoms with Gasteiger partial charge in [-0.3, -0.25) is 0 Å². The Bertz CT molecular complexity index is 394. The molecule has 1 aromatic carbocycles. The van der Waals surface area contributed by atoms with Gasteiger partial charge in [0.2, 0.25) is 0 Å². The Hall–Kier alpha value is -1.60. The number of hydrogen-bond donors (Lipinski definition) is 0. The molecule has 1 aliphatic heterocycles. The fraction of sp³-hybridized carbons (Fsp3) is 0.364. The highest BCUT2D eigenvalue weighted by molar-refractivity contribution is 5.42. The van der Waals surface area contributed by atoms with Crippen molar-refractivity contribution in [3.8, 4) is 11.8 Å². The second-order valence-corrected chi connectivity index (χ2v) is 3.23. The maximum Gasteiger partial charge on any atom is 0.199 e. The highest BCUT2D eigenvalue weighted by Gasteiger charge is 2.18. The van der Waals surface area contributed by atoms with Crippen molar-refractivity contribution in [1.29, 1.82) is 5.26 Å². The Morgan fingerprint density at radius 1 is 1.67 bits per heavy atom. The minimum atomic E-state index is -0.564. The number of halogens is 1. The third kappa shape index (κ3) is 2.25. The van der Waals surface area contributed by atoms with Crippen molar-refractivity contribution in [3.63, 3.8) is 0 Å². The summed E-state index contributed by atoms with van der Waals surface area (Å²) in [4.78, 5) is 0. The first kappa shape index (κ1) is 9.94. The third-order valence-corrected chi connectivity index (χ3v) is 2.14. The van der Waals surface area contributed by atoms with Gasteiger partial charge < -0.3 is 9.47 Å². The molecule has 1 atom stereocenters. The van der Waals surface area contributed by atoms with Crippen LogP contribution in [0.25, 0.3) is 0 Å². The molecule has 1 aliphatic rings. The van der Waals surface area contributed by atoms with E-state index in [-0.39, 0.29) is 11.9 Å². The Kier molecular flexibility index (Phi) is 2.84. The minimum Gasteiger partial charge on any atom is -0.464 e. The quantitative estimate of drug-likeness (QED) is 0.743. The first-order chi connectivity index (χ1) is 7.29. The van der Waals surface area contributed by atoms with Crippen molar-refractivity contribution >= 4 is 0 Å². The lowest BCUT2D eigenvalue weighted by atomic mass is 10.2. The number of ether oxygens (including phenoxy) is 2. The highest BCUT2D eigenvalue weighted by Crippen LogP contribution is 2.23. The number of hydrogen-bond acceptors (Lipinski definition) is 3. The molecule has 0 aliphatic carbocycles. The maximum atomic E-state index is 12.8. The van der Waals surface area contributed by atoms with Crippen molar-refractivity contribution in [3.05, 3.63) is 29.6 Å². The van der Waals surface area contributed by atoms with Crippen LogP contribution in [-0.4, -0.2) is 12.9 Å². The van der Waals surface area contributed by atoms with Gasteiger partial charge in [-0.25, -0.2) is 4.39 Å². The molecule has 0 N–H and O–H groups in total. The van der Waals surface area contributed by atoms with Crippen molar-refractivity contribution in [1.82, 2.24) is 0 Å². The number of nitriles is 1. The fourth-order valence-electron chi connectivity index (χ4n) is 1.42. The summed E-state index contributed by atoms with van der Waals surface area (Å²) >= 11 is 0. The Balaban J connectivity index is 2.16. The molecule has 0 saturated carbocycles. The molecular formula is C11H9FNO2. The average molecular weight is 206 g/mol. The van der Waals surface area contributed by atoms with E-state index < -0.39 is 5.82 Å². The van der Waals surface area contributed by atoms with Crippen LogP contribution in [0, 0.1) is 23.2 Å². The molecule has 0 bridgehead atoms. The van der Waals surface area contributed by atoms with E-state index in [9.17, 15) is 4.39 Å². The van der Waals surface area contributed by atoms with Crippen LogP contribution in [-0.2, 0) is 4.74 Å².